The van der Waals surface area contributed by atoms with Gasteiger partial charge < -0.3 is 4.90 Å². The molecule has 0 aromatic carbocycles. The van der Waals surface area contributed by atoms with Crippen LogP contribution in [0.1, 0.15) is 32.3 Å². The van der Waals surface area contributed by atoms with E-state index in [1.807, 2.05) is 31.0 Å². The summed E-state index contributed by atoms with van der Waals surface area (Å²) < 4.78 is 0. The molecule has 0 radical (unpaired) electrons. The van der Waals surface area contributed by atoms with Gasteiger partial charge in [-0.25, -0.2) is 0 Å². The number of rotatable bonds is 1. The third-order valence-corrected chi connectivity index (χ3v) is 3.40. The summed E-state index contributed by atoms with van der Waals surface area (Å²) in [7, 11) is 0. The van der Waals surface area contributed by atoms with Crippen LogP contribution in [0.5, 0.6) is 0 Å². The molecule has 0 spiro atoms. The van der Waals surface area contributed by atoms with Gasteiger partial charge in [-0.15, -0.1) is 0 Å². The fraction of sp³-hybridized carbons (Fsp3) is 0.500. The van der Waals surface area contributed by atoms with E-state index >= 15 is 0 Å². The second-order valence-corrected chi connectivity index (χ2v) is 4.92. The zero-order valence-electron chi connectivity index (χ0n) is 9.03. The average Bonchev–Trinajstić information content (AvgIpc) is 3.00. The first-order chi connectivity index (χ1) is 7.12. The molecule has 3 rings (SSSR count). The van der Waals surface area contributed by atoms with Crippen molar-refractivity contribution in [3.63, 3.8) is 0 Å². The highest BCUT2D eigenvalue weighted by Crippen LogP contribution is 2.45. The first kappa shape index (κ1) is 8.89. The maximum absolute atomic E-state index is 12.3. The number of nitrogens with zero attached hydrogens (tertiary/aromatic N) is 2. The number of anilines is 1. The molecule has 0 N–H and O–H groups in total. The molecule has 0 saturated heterocycles. The van der Waals surface area contributed by atoms with Crippen molar-refractivity contribution in [3.8, 4) is 0 Å². The van der Waals surface area contributed by atoms with Crippen LogP contribution in [0, 0.1) is 0 Å². The maximum atomic E-state index is 12.3. The van der Waals surface area contributed by atoms with E-state index in [0.29, 0.717) is 6.04 Å². The van der Waals surface area contributed by atoms with Crippen LogP contribution in [0.4, 0.5) is 5.69 Å². The molecule has 3 heteroatoms. The van der Waals surface area contributed by atoms with Gasteiger partial charge in [0, 0.05) is 24.0 Å². The van der Waals surface area contributed by atoms with E-state index < -0.39 is 5.41 Å². The molecule has 1 aliphatic heterocycles. The lowest BCUT2D eigenvalue weighted by atomic mass is 9.87. The van der Waals surface area contributed by atoms with E-state index in [1.54, 1.807) is 6.20 Å². The van der Waals surface area contributed by atoms with E-state index in [4.69, 9.17) is 0 Å². The molecule has 1 amide bonds. The molecule has 0 atom stereocenters. The molecule has 1 aromatic heterocycles. The van der Waals surface area contributed by atoms with Crippen LogP contribution in [-0.4, -0.2) is 16.9 Å². The van der Waals surface area contributed by atoms with Gasteiger partial charge in [0.25, 0.3) is 0 Å². The number of carbonyl (C=O) groups excluding carboxylic acids is 1. The second kappa shape index (κ2) is 2.60. The van der Waals surface area contributed by atoms with Crippen molar-refractivity contribution in [3.05, 3.63) is 24.0 Å². The lowest BCUT2D eigenvalue weighted by Crippen LogP contribution is -2.37. The zero-order valence-corrected chi connectivity index (χ0v) is 9.03. The van der Waals surface area contributed by atoms with Gasteiger partial charge in [0.05, 0.1) is 11.1 Å². The minimum atomic E-state index is -0.397. The van der Waals surface area contributed by atoms with E-state index in [0.717, 1.165) is 24.1 Å². The van der Waals surface area contributed by atoms with Crippen molar-refractivity contribution in [1.82, 2.24) is 4.98 Å². The first-order valence-corrected chi connectivity index (χ1v) is 5.40. The zero-order chi connectivity index (χ0) is 10.6. The van der Waals surface area contributed by atoms with Gasteiger partial charge in [0.2, 0.25) is 5.91 Å². The Hall–Kier alpha value is -1.38. The summed E-state index contributed by atoms with van der Waals surface area (Å²) in [6.45, 7) is 3.97. The SMILES string of the molecule is CC1(C)C(=O)N(C2CC2)c2ccncc21. The van der Waals surface area contributed by atoms with E-state index in [-0.39, 0.29) is 5.91 Å². The number of hydrogen-bond acceptors (Lipinski definition) is 2. The van der Waals surface area contributed by atoms with Crippen molar-refractivity contribution in [2.75, 3.05) is 4.90 Å². The monoisotopic (exact) mass is 202 g/mol. The van der Waals surface area contributed by atoms with Crippen LogP contribution >= 0.6 is 0 Å². The molecule has 15 heavy (non-hydrogen) atoms. The Bertz CT molecular complexity index is 435. The summed E-state index contributed by atoms with van der Waals surface area (Å²) in [5.41, 5.74) is 1.75. The van der Waals surface area contributed by atoms with Gasteiger partial charge in [-0.1, -0.05) is 0 Å². The number of hydrogen-bond donors (Lipinski definition) is 0. The number of aromatic nitrogens is 1. The van der Waals surface area contributed by atoms with Crippen LogP contribution in [0.15, 0.2) is 18.5 Å². The second-order valence-electron chi connectivity index (χ2n) is 4.92. The van der Waals surface area contributed by atoms with Crippen molar-refractivity contribution >= 4 is 11.6 Å². The minimum Gasteiger partial charge on any atom is -0.308 e. The molecule has 0 bridgehead atoms. The Balaban J connectivity index is 2.18. The standard InChI is InChI=1S/C12H14N2O/c1-12(2)9-7-13-6-5-10(9)14(11(12)15)8-3-4-8/h5-8H,3-4H2,1-2H3. The molecular weight excluding hydrogens is 188 g/mol. The van der Waals surface area contributed by atoms with Crippen molar-refractivity contribution in [2.45, 2.75) is 38.1 Å². The van der Waals surface area contributed by atoms with Crippen LogP contribution < -0.4 is 4.90 Å². The van der Waals surface area contributed by atoms with Crippen molar-refractivity contribution in [1.29, 1.82) is 0 Å². The molecule has 1 aromatic rings. The van der Waals surface area contributed by atoms with Gasteiger partial charge in [-0.3, -0.25) is 9.78 Å². The summed E-state index contributed by atoms with van der Waals surface area (Å²) in [5, 5.41) is 0. The summed E-state index contributed by atoms with van der Waals surface area (Å²) >= 11 is 0. The van der Waals surface area contributed by atoms with Gasteiger partial charge in [0.1, 0.15) is 0 Å². The highest BCUT2D eigenvalue weighted by atomic mass is 16.2. The van der Waals surface area contributed by atoms with Gasteiger partial charge >= 0.3 is 0 Å². The molecule has 1 fully saturated rings. The van der Waals surface area contributed by atoms with Gasteiger partial charge in [-0.05, 0) is 32.8 Å². The quantitative estimate of drug-likeness (QED) is 0.696. The van der Waals surface area contributed by atoms with Crippen molar-refractivity contribution in [2.24, 2.45) is 0 Å². The van der Waals surface area contributed by atoms with E-state index in [2.05, 4.69) is 4.98 Å². The Morgan fingerprint density at radius 1 is 1.47 bits per heavy atom. The third-order valence-electron chi connectivity index (χ3n) is 3.40. The normalized spacial score (nSPS) is 23.1. The predicted octanol–water partition coefficient (Wildman–Crippen LogP) is 1.87. The highest BCUT2D eigenvalue weighted by molar-refractivity contribution is 6.08. The Morgan fingerprint density at radius 2 is 2.20 bits per heavy atom. The van der Waals surface area contributed by atoms with Crippen LogP contribution in [0.3, 0.4) is 0 Å². The van der Waals surface area contributed by atoms with Gasteiger partial charge in [-0.2, -0.15) is 0 Å². The van der Waals surface area contributed by atoms with Crippen LogP contribution in [0.25, 0.3) is 0 Å². The molecule has 2 heterocycles. The predicted molar refractivity (Wildman–Crippen MR) is 57.8 cm³/mol. The molecular formula is C12H14N2O. The summed E-state index contributed by atoms with van der Waals surface area (Å²) in [5.74, 6) is 0.230. The fourth-order valence-electron chi connectivity index (χ4n) is 2.30. The van der Waals surface area contributed by atoms with Gasteiger partial charge in [0.15, 0.2) is 0 Å². The van der Waals surface area contributed by atoms with Crippen LogP contribution in [-0.2, 0) is 10.2 Å². The average molecular weight is 202 g/mol. The Morgan fingerprint density at radius 3 is 2.87 bits per heavy atom. The Kier molecular flexibility index (Phi) is 1.54. The minimum absolute atomic E-state index is 0.230. The van der Waals surface area contributed by atoms with Crippen LogP contribution in [0.2, 0.25) is 0 Å². The molecule has 0 unspecified atom stereocenters. The lowest BCUT2D eigenvalue weighted by molar-refractivity contribution is -0.122. The van der Waals surface area contributed by atoms with E-state index in [1.165, 1.54) is 0 Å². The Labute approximate surface area is 89.1 Å². The lowest BCUT2D eigenvalue weighted by Gasteiger charge is -2.19. The molecule has 78 valence electrons. The largest absolute Gasteiger partial charge is 0.308 e. The molecule has 1 saturated carbocycles. The smallest absolute Gasteiger partial charge is 0.237 e. The first-order valence-electron chi connectivity index (χ1n) is 5.40. The molecule has 3 nitrogen and oxygen atoms in total. The molecule has 1 aliphatic carbocycles. The van der Waals surface area contributed by atoms with E-state index in [9.17, 15) is 4.79 Å². The topological polar surface area (TPSA) is 33.2 Å². The fourth-order valence-corrected chi connectivity index (χ4v) is 2.30. The molecule has 2 aliphatic rings. The maximum Gasteiger partial charge on any atom is 0.237 e. The van der Waals surface area contributed by atoms with Crippen molar-refractivity contribution < 1.29 is 4.79 Å². The summed E-state index contributed by atoms with van der Waals surface area (Å²) in [6, 6.07) is 2.40. The highest BCUT2D eigenvalue weighted by Gasteiger charge is 2.48. The third kappa shape index (κ3) is 1.06. The number of pyridine rings is 1. The number of amides is 1. The number of carbonyl (C=O) groups is 1. The number of fused-ring (bicyclic) bond motifs is 1. The summed E-state index contributed by atoms with van der Waals surface area (Å²) in [4.78, 5) is 18.4. The summed E-state index contributed by atoms with van der Waals surface area (Å²) in [6.07, 6.45) is 5.88.